The molecule has 0 unspecified atom stereocenters. The van der Waals surface area contributed by atoms with Crippen molar-refractivity contribution in [2.45, 2.75) is 24.2 Å². The zero-order chi connectivity index (χ0) is 23.8. The molecule has 0 saturated carbocycles. The predicted molar refractivity (Wildman–Crippen MR) is 137 cm³/mol. The Morgan fingerprint density at radius 2 is 1.50 bits per heavy atom. The molecular weight excluding hydrogens is 516 g/mol. The fourth-order valence-electron chi connectivity index (χ4n) is 5.14. The van der Waals surface area contributed by atoms with Gasteiger partial charge < -0.3 is 0 Å². The van der Waals surface area contributed by atoms with Gasteiger partial charge in [0.15, 0.2) is 0 Å². The number of aromatic nitrogens is 1. The fourth-order valence-corrected chi connectivity index (χ4v) is 6.97. The zero-order valence-electron chi connectivity index (χ0n) is 18.9. The van der Waals surface area contributed by atoms with Crippen molar-refractivity contribution in [3.05, 3.63) is 65.4 Å². The van der Waals surface area contributed by atoms with Crippen molar-refractivity contribution < 1.29 is 13.2 Å². The quantitative estimate of drug-likeness (QED) is 0.452. The van der Waals surface area contributed by atoms with Crippen molar-refractivity contribution in [1.29, 1.82) is 0 Å². The molecule has 2 fully saturated rings. The van der Waals surface area contributed by atoms with Gasteiger partial charge in [0.2, 0.25) is 10.0 Å². The van der Waals surface area contributed by atoms with Gasteiger partial charge in [-0.2, -0.15) is 4.31 Å². The Morgan fingerprint density at radius 1 is 0.853 bits per heavy atom. The molecule has 0 N–H and O–H groups in total. The molecule has 3 aromatic rings. The number of carbonyl (C=O) groups excluding carboxylic acids is 1. The number of pyridine rings is 1. The zero-order valence-corrected chi connectivity index (χ0v) is 21.3. The maximum Gasteiger partial charge on any atom is 0.424 e. The van der Waals surface area contributed by atoms with E-state index in [1.54, 1.807) is 24.5 Å². The van der Waals surface area contributed by atoms with Gasteiger partial charge in [-0.05, 0) is 54.3 Å². The minimum absolute atomic E-state index is 0.0687. The van der Waals surface area contributed by atoms with Gasteiger partial charge in [0.05, 0.1) is 18.0 Å². The summed E-state index contributed by atoms with van der Waals surface area (Å²) in [6, 6.07) is 15.0. The normalized spacial score (nSPS) is 19.3. The molecule has 0 atom stereocenters. The van der Waals surface area contributed by atoms with Crippen molar-refractivity contribution in [2.75, 3.05) is 39.3 Å². The first-order valence-corrected chi connectivity index (χ1v) is 13.9. The van der Waals surface area contributed by atoms with Crippen LogP contribution in [0.2, 0.25) is 0 Å². The summed E-state index contributed by atoms with van der Waals surface area (Å²) in [5.41, 5.74) is 0.970. The molecule has 2 aromatic carbocycles. The first kappa shape index (κ1) is 23.4. The molecule has 2 amide bonds. The number of fused-ring (bicyclic) bond motifs is 1. The Kier molecular flexibility index (Phi) is 6.45. The van der Waals surface area contributed by atoms with Crippen LogP contribution < -0.4 is 4.48 Å². The molecular formula is C25H28BrN4O3S+. The molecule has 3 heterocycles. The molecule has 2 aliphatic heterocycles. The number of quaternary nitrogens is 1. The number of benzene rings is 2. The summed E-state index contributed by atoms with van der Waals surface area (Å²) in [4.78, 5) is 20.0. The molecule has 2 saturated heterocycles. The monoisotopic (exact) mass is 543 g/mol. The third-order valence-corrected chi connectivity index (χ3v) is 9.41. The number of hydrogen-bond acceptors (Lipinski definition) is 4. The number of piperidine rings is 1. The topological polar surface area (TPSA) is 70.6 Å². The van der Waals surface area contributed by atoms with E-state index in [1.807, 2.05) is 41.3 Å². The summed E-state index contributed by atoms with van der Waals surface area (Å²) in [5.74, 6) is 0. The Labute approximate surface area is 208 Å². The van der Waals surface area contributed by atoms with Crippen LogP contribution in [0, 0.1) is 0 Å². The van der Waals surface area contributed by atoms with Crippen molar-refractivity contribution in [1.82, 2.24) is 18.7 Å². The number of urea groups is 1. The van der Waals surface area contributed by atoms with E-state index >= 15 is 0 Å². The smallest absolute Gasteiger partial charge is 0.289 e. The SMILES string of the molecule is O=C(N1CCN(S(=O)(=O)c2ccc3cc(Br)ccc3c2)CC1)[N+]1(c2ccncc2)CCCCC1. The highest BCUT2D eigenvalue weighted by atomic mass is 79.9. The lowest BCUT2D eigenvalue weighted by molar-refractivity contribution is 0.127. The van der Waals surface area contributed by atoms with Crippen LogP contribution in [-0.4, -0.2) is 67.9 Å². The molecule has 7 nitrogen and oxygen atoms in total. The maximum absolute atomic E-state index is 13.8. The van der Waals surface area contributed by atoms with Crippen LogP contribution in [0.1, 0.15) is 19.3 Å². The number of piperazine rings is 1. The highest BCUT2D eigenvalue weighted by molar-refractivity contribution is 9.10. The first-order chi connectivity index (χ1) is 16.4. The summed E-state index contributed by atoms with van der Waals surface area (Å²) in [6.07, 6.45) is 6.61. The van der Waals surface area contributed by atoms with Crippen LogP contribution in [0.25, 0.3) is 10.8 Å². The van der Waals surface area contributed by atoms with E-state index in [4.69, 9.17) is 0 Å². The minimum atomic E-state index is -3.63. The van der Waals surface area contributed by atoms with Gasteiger partial charge in [0.25, 0.3) is 0 Å². The third-order valence-electron chi connectivity index (χ3n) is 7.02. The standard InChI is InChI=1S/C25H28BrN4O3S/c26-22-6-4-21-19-24(7-5-20(21)18-22)34(32,33)29-14-12-28(13-15-29)25(31)30(16-2-1-3-17-30)23-8-10-27-11-9-23/h4-11,18-19H,1-3,12-17H2/q+1. The number of halogens is 1. The van der Waals surface area contributed by atoms with Crippen LogP contribution in [0.5, 0.6) is 0 Å². The number of hydrogen-bond donors (Lipinski definition) is 0. The van der Waals surface area contributed by atoms with Crippen molar-refractivity contribution in [3.63, 3.8) is 0 Å². The highest BCUT2D eigenvalue weighted by Crippen LogP contribution is 2.31. The van der Waals surface area contributed by atoms with Crippen molar-refractivity contribution in [2.24, 2.45) is 0 Å². The summed E-state index contributed by atoms with van der Waals surface area (Å²) >= 11 is 3.45. The summed E-state index contributed by atoms with van der Waals surface area (Å²) in [5, 5.41) is 1.86. The number of carbonyl (C=O) groups is 1. The number of sulfonamides is 1. The second kappa shape index (κ2) is 9.37. The van der Waals surface area contributed by atoms with Gasteiger partial charge in [-0.25, -0.2) is 17.7 Å². The largest absolute Gasteiger partial charge is 0.424 e. The molecule has 34 heavy (non-hydrogen) atoms. The average Bonchev–Trinajstić information content (AvgIpc) is 2.89. The lowest BCUT2D eigenvalue weighted by atomic mass is 10.1. The van der Waals surface area contributed by atoms with Crippen molar-refractivity contribution >= 4 is 48.4 Å². The Morgan fingerprint density at radius 3 is 2.21 bits per heavy atom. The van der Waals surface area contributed by atoms with Crippen LogP contribution in [0.4, 0.5) is 10.5 Å². The molecule has 5 rings (SSSR count). The molecule has 0 radical (unpaired) electrons. The van der Waals surface area contributed by atoms with Gasteiger partial charge in [-0.3, -0.25) is 9.88 Å². The molecule has 1 aromatic heterocycles. The molecule has 2 aliphatic rings. The third kappa shape index (κ3) is 4.26. The van der Waals surface area contributed by atoms with E-state index in [0.29, 0.717) is 35.6 Å². The summed E-state index contributed by atoms with van der Waals surface area (Å²) < 4.78 is 29.5. The van der Waals surface area contributed by atoms with Gasteiger partial charge in [-0.1, -0.05) is 28.1 Å². The summed E-state index contributed by atoms with van der Waals surface area (Å²) in [6.45, 7) is 2.92. The second-order valence-corrected chi connectivity index (χ2v) is 11.9. The van der Waals surface area contributed by atoms with Crippen LogP contribution in [0.3, 0.4) is 0 Å². The van der Waals surface area contributed by atoms with Gasteiger partial charge in [0, 0.05) is 55.2 Å². The van der Waals surface area contributed by atoms with E-state index in [-0.39, 0.29) is 6.03 Å². The molecule has 0 bridgehead atoms. The van der Waals surface area contributed by atoms with E-state index in [1.165, 1.54) is 4.31 Å². The molecule has 9 heteroatoms. The fraction of sp³-hybridized carbons (Fsp3) is 0.360. The first-order valence-electron chi connectivity index (χ1n) is 11.7. The predicted octanol–water partition coefficient (Wildman–Crippen LogP) is 4.62. The van der Waals surface area contributed by atoms with E-state index < -0.39 is 10.0 Å². The second-order valence-electron chi connectivity index (χ2n) is 9.01. The number of likely N-dealkylation sites (tertiary alicyclic amines) is 1. The molecule has 178 valence electrons. The van der Waals surface area contributed by atoms with E-state index in [0.717, 1.165) is 53.3 Å². The Balaban J connectivity index is 1.33. The number of amides is 2. The van der Waals surface area contributed by atoms with Gasteiger partial charge in [0.1, 0.15) is 5.69 Å². The minimum Gasteiger partial charge on any atom is -0.289 e. The van der Waals surface area contributed by atoms with Crippen molar-refractivity contribution in [3.8, 4) is 0 Å². The maximum atomic E-state index is 13.8. The lowest BCUT2D eigenvalue weighted by Crippen LogP contribution is -2.64. The number of rotatable bonds is 3. The molecule has 0 spiro atoms. The Hall–Kier alpha value is -2.33. The van der Waals surface area contributed by atoms with Crippen LogP contribution in [-0.2, 0) is 10.0 Å². The summed E-state index contributed by atoms with van der Waals surface area (Å²) in [7, 11) is -3.63. The van der Waals surface area contributed by atoms with Gasteiger partial charge in [-0.15, -0.1) is 0 Å². The lowest BCUT2D eigenvalue weighted by Gasteiger charge is -2.43. The van der Waals surface area contributed by atoms with Crippen LogP contribution in [0.15, 0.2) is 70.3 Å². The van der Waals surface area contributed by atoms with Gasteiger partial charge >= 0.3 is 6.03 Å². The van der Waals surface area contributed by atoms with Crippen LogP contribution >= 0.6 is 15.9 Å². The van der Waals surface area contributed by atoms with E-state index in [9.17, 15) is 13.2 Å². The number of nitrogens with zero attached hydrogens (tertiary/aromatic N) is 4. The Bertz CT molecular complexity index is 1300. The molecule has 0 aliphatic carbocycles. The van der Waals surface area contributed by atoms with E-state index in [2.05, 4.69) is 20.9 Å². The highest BCUT2D eigenvalue weighted by Gasteiger charge is 2.45. The average molecular weight is 544 g/mol.